The summed E-state index contributed by atoms with van der Waals surface area (Å²) >= 11 is 5.25. The molecule has 0 fully saturated rings. The van der Waals surface area contributed by atoms with Crippen molar-refractivity contribution in [2.75, 3.05) is 5.32 Å². The number of carbonyl (C=O) groups is 1. The van der Waals surface area contributed by atoms with Crippen molar-refractivity contribution in [3.05, 3.63) is 72.3 Å². The van der Waals surface area contributed by atoms with Gasteiger partial charge in [-0.25, -0.2) is 0 Å². The smallest absolute Gasteiger partial charge is 0.230 e. The van der Waals surface area contributed by atoms with Crippen molar-refractivity contribution in [1.82, 2.24) is 5.32 Å². The van der Waals surface area contributed by atoms with Gasteiger partial charge in [0.15, 0.2) is 5.11 Å². The van der Waals surface area contributed by atoms with Crippen LogP contribution in [0.4, 0.5) is 5.69 Å². The van der Waals surface area contributed by atoms with Crippen molar-refractivity contribution in [2.45, 2.75) is 26.4 Å². The molecule has 1 amide bonds. The highest BCUT2D eigenvalue weighted by atomic mass is 32.1. The first-order chi connectivity index (χ1) is 13.0. The number of amides is 1. The molecular formula is C22H22N2O2S. The zero-order valence-corrected chi connectivity index (χ0v) is 16.2. The quantitative estimate of drug-likeness (QED) is 0.633. The van der Waals surface area contributed by atoms with Gasteiger partial charge in [0.25, 0.3) is 0 Å². The van der Waals surface area contributed by atoms with E-state index < -0.39 is 0 Å². The van der Waals surface area contributed by atoms with Crippen molar-refractivity contribution in [3.63, 3.8) is 0 Å². The monoisotopic (exact) mass is 378 g/mol. The third-order valence-electron chi connectivity index (χ3n) is 3.97. The molecule has 138 valence electrons. The molecule has 0 radical (unpaired) electrons. The molecule has 2 N–H and O–H groups in total. The summed E-state index contributed by atoms with van der Waals surface area (Å²) in [7, 11) is 0. The highest BCUT2D eigenvalue weighted by Crippen LogP contribution is 2.19. The maximum Gasteiger partial charge on any atom is 0.230 e. The number of nitrogens with one attached hydrogen (secondary N) is 2. The van der Waals surface area contributed by atoms with Crippen LogP contribution in [-0.4, -0.2) is 17.1 Å². The van der Waals surface area contributed by atoms with Crippen LogP contribution in [0.2, 0.25) is 0 Å². The Morgan fingerprint density at radius 1 is 1.00 bits per heavy atom. The molecule has 0 spiro atoms. The Bertz CT molecular complexity index is 947. The van der Waals surface area contributed by atoms with Crippen molar-refractivity contribution < 1.29 is 9.53 Å². The van der Waals surface area contributed by atoms with E-state index in [-0.39, 0.29) is 23.5 Å². The van der Waals surface area contributed by atoms with Crippen LogP contribution in [0.3, 0.4) is 0 Å². The molecule has 0 aliphatic rings. The first kappa shape index (κ1) is 18.9. The van der Waals surface area contributed by atoms with Crippen LogP contribution < -0.4 is 15.4 Å². The third-order valence-corrected chi connectivity index (χ3v) is 4.17. The second-order valence-corrected chi connectivity index (χ2v) is 6.92. The topological polar surface area (TPSA) is 50.4 Å². The average Bonchev–Trinajstić information content (AvgIpc) is 2.63. The number of thiocarbonyl (C=S) groups is 1. The predicted molar refractivity (Wildman–Crippen MR) is 114 cm³/mol. The van der Waals surface area contributed by atoms with Gasteiger partial charge in [0.1, 0.15) is 5.75 Å². The van der Waals surface area contributed by atoms with Crippen LogP contribution in [0.5, 0.6) is 5.75 Å². The number of rotatable bonds is 5. The lowest BCUT2D eigenvalue weighted by Crippen LogP contribution is -2.35. The van der Waals surface area contributed by atoms with Crippen molar-refractivity contribution in [2.24, 2.45) is 0 Å². The van der Waals surface area contributed by atoms with Gasteiger partial charge in [0, 0.05) is 5.69 Å². The Hall–Kier alpha value is -2.92. The molecule has 5 heteroatoms. The molecule has 27 heavy (non-hydrogen) atoms. The lowest BCUT2D eigenvalue weighted by Gasteiger charge is -2.12. The van der Waals surface area contributed by atoms with Crippen LogP contribution in [0, 0.1) is 0 Å². The summed E-state index contributed by atoms with van der Waals surface area (Å²) in [5.74, 6) is 0.644. The molecule has 0 saturated heterocycles. The second-order valence-electron chi connectivity index (χ2n) is 6.51. The zero-order chi connectivity index (χ0) is 19.2. The van der Waals surface area contributed by atoms with Crippen LogP contribution in [0.25, 0.3) is 10.8 Å². The van der Waals surface area contributed by atoms with Gasteiger partial charge in [-0.3, -0.25) is 4.79 Å². The van der Waals surface area contributed by atoms with Gasteiger partial charge in [-0.1, -0.05) is 42.5 Å². The third kappa shape index (κ3) is 5.28. The minimum atomic E-state index is -0.149. The standard InChI is InChI=1S/C22H22N2O2S/c1-15(2)26-19-12-10-18(11-13-19)23-22(27)24-21(25)14-17-8-5-7-16-6-3-4-9-20(16)17/h3-13,15H,14H2,1-2H3,(H2,23,24,25,27). The molecule has 0 aromatic heterocycles. The second kappa shape index (κ2) is 8.64. The van der Waals surface area contributed by atoms with E-state index in [9.17, 15) is 4.79 Å². The molecular weight excluding hydrogens is 356 g/mol. The predicted octanol–water partition coefficient (Wildman–Crippen LogP) is 4.68. The highest BCUT2D eigenvalue weighted by Gasteiger charge is 2.09. The maximum atomic E-state index is 12.4. The summed E-state index contributed by atoms with van der Waals surface area (Å²) in [6.07, 6.45) is 0.392. The fourth-order valence-electron chi connectivity index (χ4n) is 2.84. The molecule has 0 bridgehead atoms. The van der Waals surface area contributed by atoms with Crippen molar-refractivity contribution >= 4 is 39.7 Å². The van der Waals surface area contributed by atoms with Crippen molar-refractivity contribution in [3.8, 4) is 5.75 Å². The first-order valence-corrected chi connectivity index (χ1v) is 9.26. The van der Waals surface area contributed by atoms with E-state index >= 15 is 0 Å². The Kier molecular flexibility index (Phi) is 6.04. The Balaban J connectivity index is 1.58. The number of carbonyl (C=O) groups excluding carboxylic acids is 1. The van der Waals surface area contributed by atoms with E-state index in [2.05, 4.69) is 10.6 Å². The van der Waals surface area contributed by atoms with Gasteiger partial charge in [-0.05, 0) is 66.7 Å². The number of ether oxygens (including phenoxy) is 1. The van der Waals surface area contributed by atoms with Gasteiger partial charge < -0.3 is 15.4 Å². The number of hydrogen-bond donors (Lipinski definition) is 2. The number of anilines is 1. The number of hydrogen-bond acceptors (Lipinski definition) is 3. The Labute approximate surface area is 164 Å². The SMILES string of the molecule is CC(C)Oc1ccc(NC(=S)NC(=O)Cc2cccc3ccccc23)cc1. The summed E-state index contributed by atoms with van der Waals surface area (Å²) in [5.41, 5.74) is 1.77. The molecule has 0 atom stereocenters. The maximum absolute atomic E-state index is 12.4. The van der Waals surface area contributed by atoms with Crippen LogP contribution in [0.15, 0.2) is 66.7 Å². The molecule has 4 nitrogen and oxygen atoms in total. The molecule has 3 aromatic carbocycles. The molecule has 0 saturated carbocycles. The van der Waals surface area contributed by atoms with E-state index in [4.69, 9.17) is 17.0 Å². The lowest BCUT2D eigenvalue weighted by molar-refractivity contribution is -0.119. The summed E-state index contributed by atoms with van der Waals surface area (Å²) < 4.78 is 5.61. The largest absolute Gasteiger partial charge is 0.491 e. The molecule has 0 aliphatic carbocycles. The fraction of sp³-hybridized carbons (Fsp3) is 0.182. The lowest BCUT2D eigenvalue weighted by atomic mass is 10.0. The van der Waals surface area contributed by atoms with Gasteiger partial charge in [0.05, 0.1) is 12.5 Å². The van der Waals surface area contributed by atoms with E-state index in [1.807, 2.05) is 80.6 Å². The van der Waals surface area contributed by atoms with E-state index in [1.54, 1.807) is 0 Å². The van der Waals surface area contributed by atoms with E-state index in [0.717, 1.165) is 27.8 Å². The molecule has 3 rings (SSSR count). The minimum absolute atomic E-state index is 0.123. The zero-order valence-electron chi connectivity index (χ0n) is 15.4. The molecule has 0 unspecified atom stereocenters. The summed E-state index contributed by atoms with van der Waals surface area (Å²) in [4.78, 5) is 12.4. The Morgan fingerprint density at radius 3 is 2.44 bits per heavy atom. The van der Waals surface area contributed by atoms with E-state index in [1.165, 1.54) is 0 Å². The van der Waals surface area contributed by atoms with Crippen LogP contribution in [0.1, 0.15) is 19.4 Å². The fourth-order valence-corrected chi connectivity index (χ4v) is 3.07. The molecule has 3 aromatic rings. The highest BCUT2D eigenvalue weighted by molar-refractivity contribution is 7.80. The van der Waals surface area contributed by atoms with Gasteiger partial charge >= 0.3 is 0 Å². The van der Waals surface area contributed by atoms with E-state index in [0.29, 0.717) is 0 Å². The minimum Gasteiger partial charge on any atom is -0.491 e. The number of benzene rings is 3. The Morgan fingerprint density at radius 2 is 1.70 bits per heavy atom. The van der Waals surface area contributed by atoms with Gasteiger partial charge in [-0.2, -0.15) is 0 Å². The summed E-state index contributed by atoms with van der Waals surface area (Å²) in [6, 6.07) is 21.4. The normalized spacial score (nSPS) is 10.6. The van der Waals surface area contributed by atoms with Gasteiger partial charge in [0.2, 0.25) is 5.91 Å². The van der Waals surface area contributed by atoms with Crippen molar-refractivity contribution in [1.29, 1.82) is 0 Å². The van der Waals surface area contributed by atoms with Crippen LogP contribution >= 0.6 is 12.2 Å². The van der Waals surface area contributed by atoms with Gasteiger partial charge in [-0.15, -0.1) is 0 Å². The summed E-state index contributed by atoms with van der Waals surface area (Å²) in [5, 5.41) is 8.23. The average molecular weight is 378 g/mol. The molecule has 0 aliphatic heterocycles. The summed E-state index contributed by atoms with van der Waals surface area (Å²) in [6.45, 7) is 3.96. The van der Waals surface area contributed by atoms with Crippen LogP contribution in [-0.2, 0) is 11.2 Å². The first-order valence-electron chi connectivity index (χ1n) is 8.85. The number of fused-ring (bicyclic) bond motifs is 1. The molecule has 0 heterocycles.